The highest BCUT2D eigenvalue weighted by Crippen LogP contribution is 2.28. The molecule has 0 bridgehead atoms. The second-order valence-corrected chi connectivity index (χ2v) is 1.70. The van der Waals surface area contributed by atoms with E-state index in [9.17, 15) is 0 Å². The standard InChI is InChI=1S/C2H2Cl2O/c3-1-2(4)5-1/h1-2H/t1-,2-/m0/s1. The monoisotopic (exact) mass is 112 g/mol. The second-order valence-electron chi connectivity index (χ2n) is 0.838. The van der Waals surface area contributed by atoms with Crippen LogP contribution in [0.1, 0.15) is 0 Å². The largest absolute Gasteiger partial charge is 0.335 e. The Morgan fingerprint density at radius 2 is 1.40 bits per heavy atom. The zero-order valence-electron chi connectivity index (χ0n) is 2.32. The molecule has 2 atom stereocenters. The normalized spacial score (nSPS) is 49.2. The number of hydrogen-bond acceptors (Lipinski definition) is 1. The van der Waals surface area contributed by atoms with Crippen molar-refractivity contribution in [2.45, 2.75) is 11.1 Å². The SMILES string of the molecule is Cl[C@H]1O[C@@H]1Cl. The molecule has 0 unspecified atom stereocenters. The van der Waals surface area contributed by atoms with Crippen molar-refractivity contribution in [3.05, 3.63) is 0 Å². The van der Waals surface area contributed by atoms with Crippen molar-refractivity contribution in [3.8, 4) is 0 Å². The Hall–Kier alpha value is 0.540. The highest BCUT2D eigenvalue weighted by molar-refractivity contribution is 6.31. The first-order chi connectivity index (χ1) is 2.30. The fourth-order valence-corrected chi connectivity index (χ4v) is 0.353. The molecule has 0 aliphatic carbocycles. The van der Waals surface area contributed by atoms with E-state index in [1.165, 1.54) is 0 Å². The van der Waals surface area contributed by atoms with Gasteiger partial charge in [-0.2, -0.15) is 0 Å². The number of alkyl halides is 2. The fraction of sp³-hybridized carbons (Fsp3) is 1.00. The van der Waals surface area contributed by atoms with Crippen molar-refractivity contribution in [2.75, 3.05) is 0 Å². The van der Waals surface area contributed by atoms with Crippen LogP contribution in [0.5, 0.6) is 0 Å². The Morgan fingerprint density at radius 3 is 1.40 bits per heavy atom. The Morgan fingerprint density at radius 1 is 1.20 bits per heavy atom. The molecular formula is C2H2Cl2O. The fourth-order valence-electron chi connectivity index (χ4n) is 0.0788. The molecule has 1 aliphatic rings. The maximum atomic E-state index is 5.18. The van der Waals surface area contributed by atoms with Crippen molar-refractivity contribution < 1.29 is 4.74 Å². The molecule has 0 aromatic rings. The van der Waals surface area contributed by atoms with Gasteiger partial charge in [0, 0.05) is 0 Å². The molecule has 1 heterocycles. The van der Waals surface area contributed by atoms with E-state index < -0.39 is 0 Å². The van der Waals surface area contributed by atoms with Crippen LogP contribution in [-0.2, 0) is 4.74 Å². The Balaban J connectivity index is 2.20. The van der Waals surface area contributed by atoms with E-state index >= 15 is 0 Å². The molecule has 3 heteroatoms. The third-order valence-electron chi connectivity index (χ3n) is 0.389. The minimum atomic E-state index is -0.211. The molecule has 0 saturated carbocycles. The Bertz CT molecular complexity index is 40.9. The van der Waals surface area contributed by atoms with Gasteiger partial charge in [0.25, 0.3) is 0 Å². The number of rotatable bonds is 0. The van der Waals surface area contributed by atoms with Gasteiger partial charge in [0.15, 0.2) is 11.1 Å². The van der Waals surface area contributed by atoms with E-state index in [0.717, 1.165) is 0 Å². The van der Waals surface area contributed by atoms with Crippen molar-refractivity contribution in [3.63, 3.8) is 0 Å². The quantitative estimate of drug-likeness (QED) is 0.339. The molecule has 5 heavy (non-hydrogen) atoms. The van der Waals surface area contributed by atoms with Crippen LogP contribution in [0.25, 0.3) is 0 Å². The first-order valence-electron chi connectivity index (χ1n) is 1.24. The molecular weight excluding hydrogens is 111 g/mol. The summed E-state index contributed by atoms with van der Waals surface area (Å²) in [5.41, 5.74) is -0.423. The lowest BCUT2D eigenvalue weighted by atomic mass is 11.0. The number of epoxide rings is 1. The predicted molar refractivity (Wildman–Crippen MR) is 20.4 cm³/mol. The maximum absolute atomic E-state index is 5.18. The van der Waals surface area contributed by atoms with Crippen molar-refractivity contribution in [1.29, 1.82) is 0 Å². The van der Waals surface area contributed by atoms with Gasteiger partial charge in [-0.05, 0) is 0 Å². The van der Waals surface area contributed by atoms with E-state index in [1.54, 1.807) is 0 Å². The van der Waals surface area contributed by atoms with E-state index in [1.807, 2.05) is 0 Å². The van der Waals surface area contributed by atoms with Crippen molar-refractivity contribution in [2.24, 2.45) is 0 Å². The van der Waals surface area contributed by atoms with Crippen LogP contribution in [-0.4, -0.2) is 11.1 Å². The van der Waals surface area contributed by atoms with Gasteiger partial charge in [-0.15, -0.1) is 0 Å². The molecule has 1 saturated heterocycles. The van der Waals surface area contributed by atoms with Gasteiger partial charge in [0.05, 0.1) is 0 Å². The smallest absolute Gasteiger partial charge is 0.173 e. The van der Waals surface area contributed by atoms with Gasteiger partial charge in [-0.25, -0.2) is 0 Å². The molecule has 1 fully saturated rings. The zero-order chi connectivity index (χ0) is 3.86. The van der Waals surface area contributed by atoms with Gasteiger partial charge in [-0.1, -0.05) is 23.2 Å². The topological polar surface area (TPSA) is 12.5 Å². The zero-order valence-corrected chi connectivity index (χ0v) is 3.83. The lowest BCUT2D eigenvalue weighted by Crippen LogP contribution is -1.63. The average molecular weight is 113 g/mol. The summed E-state index contributed by atoms with van der Waals surface area (Å²) < 4.78 is 4.45. The van der Waals surface area contributed by atoms with Crippen LogP contribution in [0.4, 0.5) is 0 Å². The summed E-state index contributed by atoms with van der Waals surface area (Å²) in [6, 6.07) is 0. The molecule has 0 amide bonds. The molecule has 0 aromatic carbocycles. The van der Waals surface area contributed by atoms with E-state index in [-0.39, 0.29) is 11.1 Å². The second kappa shape index (κ2) is 1.00. The van der Waals surface area contributed by atoms with Gasteiger partial charge >= 0.3 is 0 Å². The molecule has 0 spiro atoms. The lowest BCUT2D eigenvalue weighted by molar-refractivity contribution is 0.441. The van der Waals surface area contributed by atoms with Gasteiger partial charge < -0.3 is 4.74 Å². The third kappa shape index (κ3) is 0.685. The molecule has 30 valence electrons. The first kappa shape index (κ1) is 3.72. The van der Waals surface area contributed by atoms with Crippen LogP contribution in [0, 0.1) is 0 Å². The van der Waals surface area contributed by atoms with Crippen LogP contribution in [0.15, 0.2) is 0 Å². The third-order valence-corrected chi connectivity index (χ3v) is 1.18. The highest BCUT2D eigenvalue weighted by atomic mass is 35.5. The predicted octanol–water partition coefficient (Wildman–Crippen LogP) is 1.15. The summed E-state index contributed by atoms with van der Waals surface area (Å²) >= 11 is 10.4. The summed E-state index contributed by atoms with van der Waals surface area (Å²) in [6.07, 6.45) is 0. The van der Waals surface area contributed by atoms with Gasteiger partial charge in [-0.3, -0.25) is 0 Å². The number of hydrogen-bond donors (Lipinski definition) is 0. The van der Waals surface area contributed by atoms with Crippen LogP contribution >= 0.6 is 23.2 Å². The van der Waals surface area contributed by atoms with Crippen LogP contribution < -0.4 is 0 Å². The summed E-state index contributed by atoms with van der Waals surface area (Å²) in [7, 11) is 0. The lowest BCUT2D eigenvalue weighted by Gasteiger charge is -1.52. The molecule has 0 radical (unpaired) electrons. The Labute approximate surface area is 39.8 Å². The number of ether oxygens (including phenoxy) is 1. The van der Waals surface area contributed by atoms with Gasteiger partial charge in [0.1, 0.15) is 0 Å². The van der Waals surface area contributed by atoms with E-state index in [2.05, 4.69) is 4.74 Å². The average Bonchev–Trinajstić information content (AvgIpc) is 1.79. The molecule has 1 rings (SSSR count). The summed E-state index contributed by atoms with van der Waals surface area (Å²) in [4.78, 5) is 0. The molecule has 0 N–H and O–H groups in total. The minimum Gasteiger partial charge on any atom is -0.335 e. The Kier molecular flexibility index (Phi) is 0.745. The molecule has 1 nitrogen and oxygen atoms in total. The summed E-state index contributed by atoms with van der Waals surface area (Å²) in [5.74, 6) is 0. The minimum absolute atomic E-state index is 0.211. The molecule has 1 aliphatic heterocycles. The van der Waals surface area contributed by atoms with Crippen molar-refractivity contribution >= 4 is 23.2 Å². The van der Waals surface area contributed by atoms with Crippen LogP contribution in [0.3, 0.4) is 0 Å². The summed E-state index contributed by atoms with van der Waals surface area (Å²) in [6.45, 7) is 0. The van der Waals surface area contributed by atoms with Crippen molar-refractivity contribution in [1.82, 2.24) is 0 Å². The van der Waals surface area contributed by atoms with Crippen LogP contribution in [0.2, 0.25) is 0 Å². The number of halogens is 2. The van der Waals surface area contributed by atoms with E-state index in [0.29, 0.717) is 0 Å². The summed E-state index contributed by atoms with van der Waals surface area (Å²) in [5, 5.41) is 0. The van der Waals surface area contributed by atoms with Gasteiger partial charge in [0.2, 0.25) is 0 Å². The maximum Gasteiger partial charge on any atom is 0.173 e. The van der Waals surface area contributed by atoms with E-state index in [4.69, 9.17) is 23.2 Å². The first-order valence-corrected chi connectivity index (χ1v) is 2.11. The molecule has 0 aromatic heterocycles. The highest BCUT2D eigenvalue weighted by Gasteiger charge is 2.34.